The van der Waals surface area contributed by atoms with Crippen molar-refractivity contribution in [3.8, 4) is 0 Å². The first kappa shape index (κ1) is 10.6. The minimum Gasteiger partial charge on any atom is -0.459 e. The van der Waals surface area contributed by atoms with Gasteiger partial charge in [0.1, 0.15) is 0 Å². The molecule has 0 bridgehead atoms. The maximum Gasteiger partial charge on any atom is 0.290 e. The summed E-state index contributed by atoms with van der Waals surface area (Å²) in [5, 5.41) is 2.06. The molecule has 88 valence electrons. The molecule has 1 atom stereocenters. The van der Waals surface area contributed by atoms with Gasteiger partial charge in [-0.3, -0.25) is 4.79 Å². The smallest absolute Gasteiger partial charge is 0.290 e. The molecule has 17 heavy (non-hydrogen) atoms. The van der Waals surface area contributed by atoms with Gasteiger partial charge in [0.05, 0.1) is 12.3 Å². The second kappa shape index (κ2) is 4.37. The monoisotopic (exact) mass is 247 g/mol. The first-order valence-corrected chi connectivity index (χ1v) is 6.62. The van der Waals surface area contributed by atoms with Gasteiger partial charge >= 0.3 is 0 Å². The normalized spacial score (nSPS) is 19.8. The van der Waals surface area contributed by atoms with Crippen molar-refractivity contribution in [3.63, 3.8) is 0 Å². The zero-order chi connectivity index (χ0) is 11.7. The molecule has 1 saturated heterocycles. The largest absolute Gasteiger partial charge is 0.459 e. The molecule has 3 nitrogen and oxygen atoms in total. The molecule has 0 unspecified atom stereocenters. The molecule has 1 amide bonds. The molecule has 1 aliphatic heterocycles. The molecule has 3 heterocycles. The van der Waals surface area contributed by atoms with E-state index in [0.717, 1.165) is 19.4 Å². The molecule has 0 spiro atoms. The molecule has 1 fully saturated rings. The second-order valence-corrected chi connectivity index (χ2v) is 5.13. The van der Waals surface area contributed by atoms with E-state index in [1.54, 1.807) is 29.7 Å². The summed E-state index contributed by atoms with van der Waals surface area (Å²) in [4.78, 5) is 15.4. The molecule has 0 N–H and O–H groups in total. The number of hydrogen-bond acceptors (Lipinski definition) is 3. The van der Waals surface area contributed by atoms with E-state index in [9.17, 15) is 4.79 Å². The number of carbonyl (C=O) groups is 1. The van der Waals surface area contributed by atoms with Crippen LogP contribution in [-0.4, -0.2) is 17.4 Å². The number of nitrogens with zero attached hydrogens (tertiary/aromatic N) is 1. The molecule has 0 aromatic carbocycles. The van der Waals surface area contributed by atoms with Crippen molar-refractivity contribution in [2.75, 3.05) is 6.54 Å². The Morgan fingerprint density at radius 1 is 1.41 bits per heavy atom. The summed E-state index contributed by atoms with van der Waals surface area (Å²) in [6.45, 7) is 0.822. The lowest BCUT2D eigenvalue weighted by molar-refractivity contribution is 0.0705. The fourth-order valence-electron chi connectivity index (χ4n) is 2.33. The van der Waals surface area contributed by atoms with E-state index in [0.29, 0.717) is 5.76 Å². The first-order chi connectivity index (χ1) is 8.36. The number of amides is 1. The fraction of sp³-hybridized carbons (Fsp3) is 0.308. The summed E-state index contributed by atoms with van der Waals surface area (Å²) in [6, 6.07) is 7.85. The molecule has 0 radical (unpaired) electrons. The standard InChI is InChI=1S/C13H13NO2S/c15-13(11-5-2-8-16-11)14-7-1-4-10(14)12-6-3-9-17-12/h2-3,5-6,8-10H,1,4,7H2/t10-/m0/s1. The number of furan rings is 1. The number of hydrogen-bond donors (Lipinski definition) is 0. The Balaban J connectivity index is 1.85. The van der Waals surface area contributed by atoms with Gasteiger partial charge in [0.2, 0.25) is 0 Å². The van der Waals surface area contributed by atoms with Crippen molar-refractivity contribution in [1.82, 2.24) is 4.90 Å². The Hall–Kier alpha value is -1.55. The lowest BCUT2D eigenvalue weighted by Gasteiger charge is -2.22. The number of rotatable bonds is 2. The van der Waals surface area contributed by atoms with Crippen LogP contribution in [0.2, 0.25) is 0 Å². The molecular formula is C13H13NO2S. The first-order valence-electron chi connectivity index (χ1n) is 5.74. The van der Waals surface area contributed by atoms with Gasteiger partial charge in [-0.25, -0.2) is 0 Å². The maximum absolute atomic E-state index is 12.3. The predicted molar refractivity (Wildman–Crippen MR) is 66.0 cm³/mol. The van der Waals surface area contributed by atoms with Crippen molar-refractivity contribution in [3.05, 3.63) is 46.5 Å². The third-order valence-corrected chi connectivity index (χ3v) is 4.09. The van der Waals surface area contributed by atoms with Gasteiger partial charge in [-0.2, -0.15) is 0 Å². The average molecular weight is 247 g/mol. The zero-order valence-electron chi connectivity index (χ0n) is 9.33. The van der Waals surface area contributed by atoms with Crippen molar-refractivity contribution >= 4 is 17.2 Å². The van der Waals surface area contributed by atoms with E-state index < -0.39 is 0 Å². The van der Waals surface area contributed by atoms with Crippen LogP contribution in [0.25, 0.3) is 0 Å². The maximum atomic E-state index is 12.3. The minimum atomic E-state index is 0.00546. The summed E-state index contributed by atoms with van der Waals surface area (Å²) in [5.41, 5.74) is 0. The van der Waals surface area contributed by atoms with Crippen molar-refractivity contribution < 1.29 is 9.21 Å². The lowest BCUT2D eigenvalue weighted by Crippen LogP contribution is -2.29. The molecule has 4 heteroatoms. The Labute approximate surface area is 104 Å². The zero-order valence-corrected chi connectivity index (χ0v) is 10.2. The van der Waals surface area contributed by atoms with Crippen LogP contribution in [0.4, 0.5) is 0 Å². The Morgan fingerprint density at radius 3 is 3.06 bits per heavy atom. The van der Waals surface area contributed by atoms with E-state index >= 15 is 0 Å². The summed E-state index contributed by atoms with van der Waals surface area (Å²) in [6.07, 6.45) is 3.66. The highest BCUT2D eigenvalue weighted by molar-refractivity contribution is 7.10. The third kappa shape index (κ3) is 1.89. The molecular weight excluding hydrogens is 234 g/mol. The topological polar surface area (TPSA) is 33.5 Å². The molecule has 1 aliphatic rings. The van der Waals surface area contributed by atoms with Crippen molar-refractivity contribution in [2.24, 2.45) is 0 Å². The van der Waals surface area contributed by atoms with Crippen molar-refractivity contribution in [1.29, 1.82) is 0 Å². The average Bonchev–Trinajstić information content (AvgIpc) is 3.09. The van der Waals surface area contributed by atoms with E-state index in [1.807, 2.05) is 11.0 Å². The Bertz CT molecular complexity index is 489. The van der Waals surface area contributed by atoms with Gasteiger partial charge in [0, 0.05) is 11.4 Å². The SMILES string of the molecule is O=C(c1ccco1)N1CCC[C@H]1c1cccs1. The summed E-state index contributed by atoms with van der Waals surface area (Å²) in [5.74, 6) is 0.444. The lowest BCUT2D eigenvalue weighted by atomic mass is 10.2. The highest BCUT2D eigenvalue weighted by Gasteiger charge is 2.32. The van der Waals surface area contributed by atoms with Crippen LogP contribution in [0, 0.1) is 0 Å². The van der Waals surface area contributed by atoms with Crippen LogP contribution in [0.15, 0.2) is 40.3 Å². The van der Waals surface area contributed by atoms with Gasteiger partial charge in [-0.1, -0.05) is 6.07 Å². The summed E-state index contributed by atoms with van der Waals surface area (Å²) < 4.78 is 5.19. The minimum absolute atomic E-state index is 0.00546. The van der Waals surface area contributed by atoms with Crippen LogP contribution in [0.3, 0.4) is 0 Å². The van der Waals surface area contributed by atoms with Crippen LogP contribution in [0.1, 0.15) is 34.3 Å². The molecule has 3 rings (SSSR count). The highest BCUT2D eigenvalue weighted by Crippen LogP contribution is 2.35. The van der Waals surface area contributed by atoms with E-state index in [1.165, 1.54) is 4.88 Å². The Morgan fingerprint density at radius 2 is 2.35 bits per heavy atom. The summed E-state index contributed by atoms with van der Waals surface area (Å²) in [7, 11) is 0. The van der Waals surface area contributed by atoms with Gasteiger partial charge in [-0.15, -0.1) is 11.3 Å². The van der Waals surface area contributed by atoms with Gasteiger partial charge < -0.3 is 9.32 Å². The number of thiophene rings is 1. The van der Waals surface area contributed by atoms with Gasteiger partial charge in [0.15, 0.2) is 5.76 Å². The fourth-order valence-corrected chi connectivity index (χ4v) is 3.20. The van der Waals surface area contributed by atoms with E-state index in [2.05, 4.69) is 11.4 Å². The van der Waals surface area contributed by atoms with E-state index in [4.69, 9.17) is 4.42 Å². The second-order valence-electron chi connectivity index (χ2n) is 4.15. The third-order valence-electron chi connectivity index (χ3n) is 3.12. The molecule has 0 saturated carbocycles. The Kier molecular flexibility index (Phi) is 2.73. The van der Waals surface area contributed by atoms with Crippen LogP contribution >= 0.6 is 11.3 Å². The van der Waals surface area contributed by atoms with Gasteiger partial charge in [0.25, 0.3) is 5.91 Å². The van der Waals surface area contributed by atoms with Crippen LogP contribution < -0.4 is 0 Å². The number of likely N-dealkylation sites (tertiary alicyclic amines) is 1. The highest BCUT2D eigenvalue weighted by atomic mass is 32.1. The van der Waals surface area contributed by atoms with E-state index in [-0.39, 0.29) is 11.9 Å². The number of carbonyl (C=O) groups excluding carboxylic acids is 1. The van der Waals surface area contributed by atoms with Gasteiger partial charge in [-0.05, 0) is 36.4 Å². The predicted octanol–water partition coefficient (Wildman–Crippen LogP) is 3.32. The summed E-state index contributed by atoms with van der Waals surface area (Å²) >= 11 is 1.71. The quantitative estimate of drug-likeness (QED) is 0.815. The van der Waals surface area contributed by atoms with Crippen molar-refractivity contribution in [2.45, 2.75) is 18.9 Å². The van der Waals surface area contributed by atoms with Crippen LogP contribution in [-0.2, 0) is 0 Å². The molecule has 0 aliphatic carbocycles. The molecule has 2 aromatic rings. The molecule has 2 aromatic heterocycles. The van der Waals surface area contributed by atoms with Crippen LogP contribution in [0.5, 0.6) is 0 Å².